The van der Waals surface area contributed by atoms with Gasteiger partial charge in [0.15, 0.2) is 5.82 Å². The first kappa shape index (κ1) is 15.2. The van der Waals surface area contributed by atoms with Gasteiger partial charge in [-0.25, -0.2) is 0 Å². The first-order chi connectivity index (χ1) is 9.40. The number of aryl methyl sites for hydroxylation is 1. The Morgan fingerprint density at radius 2 is 1.95 bits per heavy atom. The largest absolute Gasteiger partial charge is 0.389 e. The maximum absolute atomic E-state index is 5.95. The van der Waals surface area contributed by atoms with Crippen LogP contribution >= 0.6 is 12.2 Å². The number of hydrogen-bond donors (Lipinski definition) is 2. The topological polar surface area (TPSA) is 63.8 Å². The predicted octanol–water partition coefficient (Wildman–Crippen LogP) is 2.84. The average Bonchev–Trinajstić information content (AvgIpc) is 3.21. The SMILES string of the molecule is CCc1nnc(NC(C)(C)C2CC2)c(C(N)=S)c1CC. The first-order valence-electron chi connectivity index (χ1n) is 7.37. The van der Waals surface area contributed by atoms with E-state index in [1.807, 2.05) is 0 Å². The zero-order valence-electron chi connectivity index (χ0n) is 12.8. The van der Waals surface area contributed by atoms with Gasteiger partial charge in [-0.05, 0) is 51.0 Å². The van der Waals surface area contributed by atoms with Gasteiger partial charge in [0.25, 0.3) is 0 Å². The Morgan fingerprint density at radius 1 is 1.30 bits per heavy atom. The van der Waals surface area contributed by atoms with E-state index in [1.54, 1.807) is 0 Å². The predicted molar refractivity (Wildman–Crippen MR) is 87.1 cm³/mol. The Kier molecular flexibility index (Phi) is 4.28. The maximum atomic E-state index is 5.95. The summed E-state index contributed by atoms with van der Waals surface area (Å²) < 4.78 is 0. The summed E-state index contributed by atoms with van der Waals surface area (Å²) in [5.74, 6) is 1.43. The molecule has 1 aliphatic rings. The molecule has 110 valence electrons. The molecule has 1 saturated carbocycles. The fraction of sp³-hybridized carbons (Fsp3) is 0.667. The van der Waals surface area contributed by atoms with Crippen LogP contribution in [0, 0.1) is 5.92 Å². The molecule has 1 aromatic heterocycles. The molecule has 1 heterocycles. The van der Waals surface area contributed by atoms with E-state index < -0.39 is 0 Å². The summed E-state index contributed by atoms with van der Waals surface area (Å²) in [6.45, 7) is 8.59. The molecule has 0 bridgehead atoms. The number of anilines is 1. The molecule has 0 saturated heterocycles. The van der Waals surface area contributed by atoms with Crippen molar-refractivity contribution >= 4 is 23.0 Å². The van der Waals surface area contributed by atoms with Crippen LogP contribution in [-0.2, 0) is 12.8 Å². The normalized spacial score (nSPS) is 15.2. The number of thiocarbonyl (C=S) groups is 1. The van der Waals surface area contributed by atoms with Crippen molar-refractivity contribution in [1.29, 1.82) is 0 Å². The van der Waals surface area contributed by atoms with Crippen LogP contribution in [0.2, 0.25) is 0 Å². The fourth-order valence-corrected chi connectivity index (χ4v) is 2.96. The van der Waals surface area contributed by atoms with Gasteiger partial charge in [0, 0.05) is 5.54 Å². The van der Waals surface area contributed by atoms with Gasteiger partial charge >= 0.3 is 0 Å². The van der Waals surface area contributed by atoms with E-state index in [-0.39, 0.29) is 5.54 Å². The van der Waals surface area contributed by atoms with Gasteiger partial charge in [-0.3, -0.25) is 0 Å². The lowest BCUT2D eigenvalue weighted by molar-refractivity contribution is 0.491. The average molecular weight is 292 g/mol. The number of nitrogens with zero attached hydrogens (tertiary/aromatic N) is 2. The molecule has 0 aromatic carbocycles. The maximum Gasteiger partial charge on any atom is 0.159 e. The van der Waals surface area contributed by atoms with Crippen molar-refractivity contribution in [2.24, 2.45) is 11.7 Å². The Hall–Kier alpha value is -1.23. The molecule has 5 heteroatoms. The summed E-state index contributed by atoms with van der Waals surface area (Å²) in [5.41, 5.74) is 8.95. The summed E-state index contributed by atoms with van der Waals surface area (Å²) in [7, 11) is 0. The van der Waals surface area contributed by atoms with Crippen LogP contribution in [-0.4, -0.2) is 20.7 Å². The Labute approximate surface area is 126 Å². The van der Waals surface area contributed by atoms with Crippen LogP contribution in [0.5, 0.6) is 0 Å². The molecule has 0 unspecified atom stereocenters. The number of hydrogen-bond acceptors (Lipinski definition) is 4. The summed E-state index contributed by atoms with van der Waals surface area (Å²) in [6.07, 6.45) is 4.25. The smallest absolute Gasteiger partial charge is 0.159 e. The van der Waals surface area contributed by atoms with Crippen LogP contribution in [0.15, 0.2) is 0 Å². The van der Waals surface area contributed by atoms with Crippen molar-refractivity contribution in [1.82, 2.24) is 10.2 Å². The Morgan fingerprint density at radius 3 is 2.40 bits per heavy atom. The van der Waals surface area contributed by atoms with Crippen molar-refractivity contribution in [3.8, 4) is 0 Å². The van der Waals surface area contributed by atoms with Crippen molar-refractivity contribution in [2.45, 2.75) is 58.9 Å². The van der Waals surface area contributed by atoms with E-state index in [4.69, 9.17) is 18.0 Å². The molecule has 3 N–H and O–H groups in total. The highest BCUT2D eigenvalue weighted by atomic mass is 32.1. The third-order valence-corrected chi connectivity index (χ3v) is 4.34. The molecule has 1 aromatic rings. The van der Waals surface area contributed by atoms with Gasteiger partial charge in [0.05, 0.1) is 11.3 Å². The Balaban J connectivity index is 2.44. The lowest BCUT2D eigenvalue weighted by Gasteiger charge is -2.28. The van der Waals surface area contributed by atoms with E-state index in [2.05, 4.69) is 43.2 Å². The van der Waals surface area contributed by atoms with Crippen molar-refractivity contribution in [3.05, 3.63) is 16.8 Å². The highest BCUT2D eigenvalue weighted by molar-refractivity contribution is 7.80. The quantitative estimate of drug-likeness (QED) is 0.789. The molecule has 1 aliphatic carbocycles. The lowest BCUT2D eigenvalue weighted by atomic mass is 9.97. The minimum absolute atomic E-state index is 0.00690. The van der Waals surface area contributed by atoms with Gasteiger partial charge in [0.1, 0.15) is 4.99 Å². The lowest BCUT2D eigenvalue weighted by Crippen LogP contribution is -2.35. The molecule has 20 heavy (non-hydrogen) atoms. The molecule has 2 rings (SSSR count). The van der Waals surface area contributed by atoms with Crippen LogP contribution in [0.1, 0.15) is 57.4 Å². The fourth-order valence-electron chi connectivity index (χ4n) is 2.74. The first-order valence-corrected chi connectivity index (χ1v) is 7.77. The third-order valence-electron chi connectivity index (χ3n) is 4.13. The van der Waals surface area contributed by atoms with Gasteiger partial charge in [-0.1, -0.05) is 26.1 Å². The van der Waals surface area contributed by atoms with Gasteiger partial charge in [-0.2, -0.15) is 5.10 Å². The molecule has 0 spiro atoms. The van der Waals surface area contributed by atoms with Gasteiger partial charge in [0.2, 0.25) is 0 Å². The molecular weight excluding hydrogens is 268 g/mol. The molecule has 1 fully saturated rings. The minimum atomic E-state index is 0.00690. The zero-order valence-corrected chi connectivity index (χ0v) is 13.6. The molecule has 0 atom stereocenters. The van der Waals surface area contributed by atoms with Crippen LogP contribution < -0.4 is 11.1 Å². The third kappa shape index (κ3) is 2.92. The summed E-state index contributed by atoms with van der Waals surface area (Å²) in [4.78, 5) is 0.403. The number of nitrogens with one attached hydrogen (secondary N) is 1. The van der Waals surface area contributed by atoms with Gasteiger partial charge in [-0.15, -0.1) is 5.10 Å². The second-order valence-electron chi connectivity index (χ2n) is 6.04. The van der Waals surface area contributed by atoms with Crippen molar-refractivity contribution < 1.29 is 0 Å². The molecular formula is C15H24N4S. The van der Waals surface area contributed by atoms with Crippen molar-refractivity contribution in [2.75, 3.05) is 5.32 Å². The molecule has 4 nitrogen and oxygen atoms in total. The van der Waals surface area contributed by atoms with E-state index in [9.17, 15) is 0 Å². The number of nitrogens with two attached hydrogens (primary N) is 1. The highest BCUT2D eigenvalue weighted by Gasteiger charge is 2.38. The van der Waals surface area contributed by atoms with E-state index >= 15 is 0 Å². The monoisotopic (exact) mass is 292 g/mol. The number of rotatable bonds is 6. The Bertz CT molecular complexity index is 521. The second kappa shape index (κ2) is 5.64. The number of aromatic nitrogens is 2. The van der Waals surface area contributed by atoms with Crippen LogP contribution in [0.25, 0.3) is 0 Å². The van der Waals surface area contributed by atoms with E-state index in [0.717, 1.165) is 35.5 Å². The zero-order chi connectivity index (χ0) is 14.9. The van der Waals surface area contributed by atoms with E-state index in [1.165, 1.54) is 12.8 Å². The molecule has 0 radical (unpaired) electrons. The van der Waals surface area contributed by atoms with Crippen LogP contribution in [0.3, 0.4) is 0 Å². The summed E-state index contributed by atoms with van der Waals surface area (Å²) in [6, 6.07) is 0. The van der Waals surface area contributed by atoms with E-state index in [0.29, 0.717) is 10.9 Å². The summed E-state index contributed by atoms with van der Waals surface area (Å²) in [5, 5.41) is 12.2. The van der Waals surface area contributed by atoms with Crippen LogP contribution in [0.4, 0.5) is 5.82 Å². The van der Waals surface area contributed by atoms with Crippen molar-refractivity contribution in [3.63, 3.8) is 0 Å². The highest BCUT2D eigenvalue weighted by Crippen LogP contribution is 2.41. The van der Waals surface area contributed by atoms with Gasteiger partial charge < -0.3 is 11.1 Å². The molecule has 0 aliphatic heterocycles. The molecule has 0 amide bonds. The standard InChI is InChI=1S/C15H24N4S/c1-5-10-11(6-2)18-19-14(12(10)13(16)20)17-15(3,4)9-7-8-9/h9H,5-8H2,1-4H3,(H2,16,20)(H,17,19). The minimum Gasteiger partial charge on any atom is -0.389 e. The second-order valence-corrected chi connectivity index (χ2v) is 6.48. The summed E-state index contributed by atoms with van der Waals surface area (Å²) >= 11 is 5.25.